The van der Waals surface area contributed by atoms with Crippen molar-refractivity contribution in [1.29, 1.82) is 0 Å². The monoisotopic (exact) mass is 236 g/mol. The van der Waals surface area contributed by atoms with Crippen LogP contribution >= 0.6 is 0 Å². The number of anilines is 1. The molecular formula is C10H16N6O. The Hall–Kier alpha value is -1.76. The van der Waals surface area contributed by atoms with Crippen molar-refractivity contribution in [2.45, 2.75) is 19.9 Å². The highest BCUT2D eigenvalue weighted by molar-refractivity contribution is 5.81. The van der Waals surface area contributed by atoms with E-state index in [4.69, 9.17) is 4.74 Å². The van der Waals surface area contributed by atoms with Gasteiger partial charge in [-0.3, -0.25) is 0 Å². The van der Waals surface area contributed by atoms with Crippen LogP contribution < -0.4 is 5.32 Å². The third-order valence-electron chi connectivity index (χ3n) is 2.43. The lowest BCUT2D eigenvalue weighted by atomic mass is 10.3. The molecule has 2 rings (SSSR count). The fourth-order valence-corrected chi connectivity index (χ4v) is 1.67. The Kier molecular flexibility index (Phi) is 3.48. The van der Waals surface area contributed by atoms with Crippen molar-refractivity contribution in [3.05, 3.63) is 6.33 Å². The van der Waals surface area contributed by atoms with E-state index in [-0.39, 0.29) is 6.04 Å². The van der Waals surface area contributed by atoms with Gasteiger partial charge < -0.3 is 10.1 Å². The van der Waals surface area contributed by atoms with Crippen LogP contribution in [0.4, 0.5) is 5.82 Å². The molecule has 17 heavy (non-hydrogen) atoms. The summed E-state index contributed by atoms with van der Waals surface area (Å²) < 4.78 is 6.86. The molecule has 0 fully saturated rings. The molecule has 0 spiro atoms. The molecule has 0 amide bonds. The Morgan fingerprint density at radius 1 is 1.47 bits per heavy atom. The molecule has 0 bridgehead atoms. The summed E-state index contributed by atoms with van der Waals surface area (Å²) in [6.45, 7) is 5.37. The Balaban J connectivity index is 2.43. The van der Waals surface area contributed by atoms with Gasteiger partial charge in [0, 0.05) is 13.7 Å². The van der Waals surface area contributed by atoms with Crippen LogP contribution in [0, 0.1) is 0 Å². The predicted molar refractivity (Wildman–Crippen MR) is 63.9 cm³/mol. The highest BCUT2D eigenvalue weighted by Gasteiger charge is 2.15. The lowest BCUT2D eigenvalue weighted by molar-refractivity contribution is 0.157. The summed E-state index contributed by atoms with van der Waals surface area (Å²) in [6, 6.07) is 0.0920. The van der Waals surface area contributed by atoms with E-state index < -0.39 is 0 Å². The summed E-state index contributed by atoms with van der Waals surface area (Å²) in [6.07, 6.45) is 1.51. The first-order valence-corrected chi connectivity index (χ1v) is 5.56. The summed E-state index contributed by atoms with van der Waals surface area (Å²) in [5.74, 6) is 0.716. The third-order valence-corrected chi connectivity index (χ3v) is 2.43. The lowest BCUT2D eigenvalue weighted by Gasteiger charge is -2.10. The maximum absolute atomic E-state index is 5.11. The highest BCUT2D eigenvalue weighted by atomic mass is 16.5. The Bertz CT molecular complexity index is 497. The van der Waals surface area contributed by atoms with E-state index in [9.17, 15) is 0 Å². The number of fused-ring (bicyclic) bond motifs is 1. The van der Waals surface area contributed by atoms with Crippen LogP contribution in [0.5, 0.6) is 0 Å². The first kappa shape index (κ1) is 11.7. The second-order valence-electron chi connectivity index (χ2n) is 3.76. The number of nitrogens with zero attached hydrogens (tertiary/aromatic N) is 5. The molecule has 1 atom stereocenters. The maximum Gasteiger partial charge on any atom is 0.184 e. The standard InChI is InChI=1S/C10H16N6O/c1-4-11-9-8-10(13-6-12-9)16(15-14-8)7(2)5-17-3/h6-7H,4-5H2,1-3H3,(H,11,12,13). The van der Waals surface area contributed by atoms with Crippen molar-refractivity contribution in [2.75, 3.05) is 25.6 Å². The zero-order valence-corrected chi connectivity index (χ0v) is 10.2. The maximum atomic E-state index is 5.11. The number of methoxy groups -OCH3 is 1. The van der Waals surface area contributed by atoms with Crippen LogP contribution in [-0.4, -0.2) is 45.2 Å². The van der Waals surface area contributed by atoms with Gasteiger partial charge in [0.05, 0.1) is 12.6 Å². The van der Waals surface area contributed by atoms with E-state index in [2.05, 4.69) is 25.6 Å². The SMILES string of the molecule is CCNc1ncnc2c1nnn2C(C)COC. The molecular weight excluding hydrogens is 220 g/mol. The minimum Gasteiger partial charge on any atom is -0.382 e. The first-order chi connectivity index (χ1) is 8.27. The molecule has 2 heterocycles. The van der Waals surface area contributed by atoms with Crippen LogP contribution in [-0.2, 0) is 4.74 Å². The number of nitrogens with one attached hydrogen (secondary N) is 1. The summed E-state index contributed by atoms with van der Waals surface area (Å²) in [5.41, 5.74) is 1.41. The molecule has 2 aromatic heterocycles. The Morgan fingerprint density at radius 2 is 2.29 bits per heavy atom. The summed E-state index contributed by atoms with van der Waals surface area (Å²) >= 11 is 0. The van der Waals surface area contributed by atoms with Gasteiger partial charge in [-0.15, -0.1) is 5.10 Å². The van der Waals surface area contributed by atoms with Crippen molar-refractivity contribution >= 4 is 17.0 Å². The molecule has 0 radical (unpaired) electrons. The number of ether oxygens (including phenoxy) is 1. The van der Waals surface area contributed by atoms with Crippen molar-refractivity contribution in [3.63, 3.8) is 0 Å². The van der Waals surface area contributed by atoms with Crippen molar-refractivity contribution < 1.29 is 4.74 Å². The number of aromatic nitrogens is 5. The smallest absolute Gasteiger partial charge is 0.184 e. The molecule has 0 aliphatic carbocycles. The molecule has 92 valence electrons. The van der Waals surface area contributed by atoms with Gasteiger partial charge in [-0.2, -0.15) is 0 Å². The molecule has 0 aromatic carbocycles. The first-order valence-electron chi connectivity index (χ1n) is 5.56. The highest BCUT2D eigenvalue weighted by Crippen LogP contribution is 2.18. The summed E-state index contributed by atoms with van der Waals surface area (Å²) in [7, 11) is 1.66. The average molecular weight is 236 g/mol. The molecule has 7 nitrogen and oxygen atoms in total. The van der Waals surface area contributed by atoms with E-state index >= 15 is 0 Å². The minimum absolute atomic E-state index is 0.0920. The van der Waals surface area contributed by atoms with Crippen LogP contribution in [0.1, 0.15) is 19.9 Å². The number of hydrogen-bond acceptors (Lipinski definition) is 6. The fourth-order valence-electron chi connectivity index (χ4n) is 1.67. The van der Waals surface area contributed by atoms with E-state index in [0.717, 1.165) is 12.2 Å². The molecule has 1 N–H and O–H groups in total. The largest absolute Gasteiger partial charge is 0.382 e. The van der Waals surface area contributed by atoms with Crippen LogP contribution in [0.3, 0.4) is 0 Å². The second-order valence-corrected chi connectivity index (χ2v) is 3.76. The Labute approximate surface area is 99.2 Å². The van der Waals surface area contributed by atoms with E-state index in [1.54, 1.807) is 11.8 Å². The van der Waals surface area contributed by atoms with E-state index in [0.29, 0.717) is 17.9 Å². The molecule has 0 aliphatic heterocycles. The van der Waals surface area contributed by atoms with Crippen molar-refractivity contribution in [3.8, 4) is 0 Å². The van der Waals surface area contributed by atoms with Gasteiger partial charge in [-0.25, -0.2) is 14.6 Å². The van der Waals surface area contributed by atoms with Crippen LogP contribution in [0.25, 0.3) is 11.2 Å². The van der Waals surface area contributed by atoms with Gasteiger partial charge in [0.2, 0.25) is 0 Å². The van der Waals surface area contributed by atoms with Gasteiger partial charge in [-0.05, 0) is 13.8 Å². The minimum atomic E-state index is 0.0920. The molecule has 7 heteroatoms. The Morgan fingerprint density at radius 3 is 3.00 bits per heavy atom. The predicted octanol–water partition coefficient (Wildman–Crippen LogP) is 0.860. The number of hydrogen-bond donors (Lipinski definition) is 1. The average Bonchev–Trinajstić information content (AvgIpc) is 2.74. The van der Waals surface area contributed by atoms with Gasteiger partial charge >= 0.3 is 0 Å². The van der Waals surface area contributed by atoms with Gasteiger partial charge in [0.15, 0.2) is 17.0 Å². The van der Waals surface area contributed by atoms with Crippen LogP contribution in [0.15, 0.2) is 6.33 Å². The summed E-state index contributed by atoms with van der Waals surface area (Å²) in [4.78, 5) is 8.36. The van der Waals surface area contributed by atoms with Crippen LogP contribution in [0.2, 0.25) is 0 Å². The molecule has 1 unspecified atom stereocenters. The number of rotatable bonds is 5. The lowest BCUT2D eigenvalue weighted by Crippen LogP contribution is -2.13. The zero-order chi connectivity index (χ0) is 12.3. The molecule has 0 saturated carbocycles. The summed E-state index contributed by atoms with van der Waals surface area (Å²) in [5, 5.41) is 11.3. The molecule has 0 saturated heterocycles. The third kappa shape index (κ3) is 2.19. The van der Waals surface area contributed by atoms with Gasteiger partial charge in [0.1, 0.15) is 6.33 Å². The normalized spacial score (nSPS) is 12.9. The topological polar surface area (TPSA) is 77.8 Å². The van der Waals surface area contributed by atoms with Gasteiger partial charge in [-0.1, -0.05) is 5.21 Å². The fraction of sp³-hybridized carbons (Fsp3) is 0.600. The second kappa shape index (κ2) is 5.05. The molecule has 0 aliphatic rings. The van der Waals surface area contributed by atoms with E-state index in [1.807, 2.05) is 13.8 Å². The zero-order valence-electron chi connectivity index (χ0n) is 10.2. The van der Waals surface area contributed by atoms with Gasteiger partial charge in [0.25, 0.3) is 0 Å². The quantitative estimate of drug-likeness (QED) is 0.829. The molecule has 2 aromatic rings. The van der Waals surface area contributed by atoms with Crippen molar-refractivity contribution in [1.82, 2.24) is 25.0 Å². The van der Waals surface area contributed by atoms with Crippen molar-refractivity contribution in [2.24, 2.45) is 0 Å². The van der Waals surface area contributed by atoms with E-state index in [1.165, 1.54) is 6.33 Å².